The van der Waals surface area contributed by atoms with E-state index in [9.17, 15) is 4.79 Å². The first-order valence-electron chi connectivity index (χ1n) is 5.75. The summed E-state index contributed by atoms with van der Waals surface area (Å²) in [6, 6.07) is 2.00. The normalized spacial score (nSPS) is 24.6. The Balaban J connectivity index is 2.08. The Bertz CT molecular complexity index is 414. The number of carbonyl (C=O) groups is 1. The summed E-state index contributed by atoms with van der Waals surface area (Å²) in [7, 11) is 4.09. The first-order chi connectivity index (χ1) is 7.99. The molecule has 94 valence electrons. The van der Waals surface area contributed by atoms with Gasteiger partial charge in [-0.1, -0.05) is 6.92 Å². The number of nitrogens with two attached hydrogens (primary N) is 1. The maximum absolute atomic E-state index is 12.2. The summed E-state index contributed by atoms with van der Waals surface area (Å²) in [5.41, 5.74) is 5.96. The molecule has 2 atom stereocenters. The van der Waals surface area contributed by atoms with E-state index in [1.807, 2.05) is 19.0 Å². The monoisotopic (exact) mass is 237 g/mol. The Morgan fingerprint density at radius 3 is 2.76 bits per heavy atom. The number of hydrogen-bond acceptors (Lipinski definition) is 4. The van der Waals surface area contributed by atoms with Gasteiger partial charge in [-0.3, -0.25) is 9.89 Å². The number of likely N-dealkylation sites (tertiary alicyclic amines) is 1. The summed E-state index contributed by atoms with van der Waals surface area (Å²) < 4.78 is 0. The molecule has 2 heterocycles. The van der Waals surface area contributed by atoms with Crippen LogP contribution in [-0.4, -0.2) is 59.1 Å². The van der Waals surface area contributed by atoms with Gasteiger partial charge in [-0.2, -0.15) is 5.10 Å². The Morgan fingerprint density at radius 1 is 1.59 bits per heavy atom. The van der Waals surface area contributed by atoms with Crippen molar-refractivity contribution in [2.24, 2.45) is 5.92 Å². The minimum absolute atomic E-state index is 0.0228. The number of anilines is 1. The Morgan fingerprint density at radius 2 is 2.29 bits per heavy atom. The number of carbonyl (C=O) groups excluding carboxylic acids is 1. The van der Waals surface area contributed by atoms with Crippen LogP contribution in [0.3, 0.4) is 0 Å². The number of nitrogen functional groups attached to an aromatic ring is 1. The number of hydrogen-bond donors (Lipinski definition) is 2. The van der Waals surface area contributed by atoms with Crippen LogP contribution in [0.5, 0.6) is 0 Å². The second-order valence-corrected chi connectivity index (χ2v) is 4.92. The maximum atomic E-state index is 12.2. The number of likely N-dealkylation sites (N-methyl/N-ethyl adjacent to an activating group) is 1. The van der Waals surface area contributed by atoms with E-state index in [0.717, 1.165) is 13.1 Å². The van der Waals surface area contributed by atoms with Crippen molar-refractivity contribution in [1.29, 1.82) is 0 Å². The molecule has 1 aromatic rings. The quantitative estimate of drug-likeness (QED) is 0.759. The van der Waals surface area contributed by atoms with Crippen molar-refractivity contribution in [2.75, 3.05) is 32.9 Å². The van der Waals surface area contributed by atoms with Gasteiger partial charge in [0.05, 0.1) is 0 Å². The molecule has 0 saturated carbocycles. The second-order valence-electron chi connectivity index (χ2n) is 4.92. The smallest absolute Gasteiger partial charge is 0.272 e. The molecule has 0 aliphatic carbocycles. The number of nitrogens with one attached hydrogen (secondary N) is 1. The van der Waals surface area contributed by atoms with Crippen molar-refractivity contribution in [3.05, 3.63) is 11.8 Å². The fourth-order valence-corrected chi connectivity index (χ4v) is 2.40. The fraction of sp³-hybridized carbons (Fsp3) is 0.636. The average molecular weight is 237 g/mol. The van der Waals surface area contributed by atoms with Crippen LogP contribution in [0.4, 0.5) is 5.82 Å². The first-order valence-corrected chi connectivity index (χ1v) is 5.75. The van der Waals surface area contributed by atoms with Crippen molar-refractivity contribution in [3.63, 3.8) is 0 Å². The zero-order valence-electron chi connectivity index (χ0n) is 10.5. The van der Waals surface area contributed by atoms with Gasteiger partial charge in [0.15, 0.2) is 0 Å². The number of nitrogens with zero attached hydrogens (tertiary/aromatic N) is 3. The van der Waals surface area contributed by atoms with Crippen LogP contribution >= 0.6 is 0 Å². The van der Waals surface area contributed by atoms with Crippen molar-refractivity contribution in [3.8, 4) is 0 Å². The van der Waals surface area contributed by atoms with Crippen LogP contribution in [-0.2, 0) is 0 Å². The van der Waals surface area contributed by atoms with Crippen LogP contribution in [0, 0.1) is 5.92 Å². The van der Waals surface area contributed by atoms with E-state index < -0.39 is 0 Å². The van der Waals surface area contributed by atoms with Gasteiger partial charge in [0.2, 0.25) is 0 Å². The predicted octanol–water partition coefficient (Wildman–Crippen LogP) is 0.0140. The summed E-state index contributed by atoms with van der Waals surface area (Å²) in [4.78, 5) is 16.2. The standard InChI is InChI=1S/C11H19N5O/c1-7-5-16(6-9(7)15(2)3)11(17)8-4-10(12)14-13-8/h4,7,9H,5-6H2,1-3H3,(H3,12,13,14). The SMILES string of the molecule is CC1CN(C(=O)c2cc(N)n[nH]2)CC1N(C)C. The van der Waals surface area contributed by atoms with Crippen molar-refractivity contribution in [1.82, 2.24) is 20.0 Å². The molecule has 1 fully saturated rings. The number of aromatic nitrogens is 2. The van der Waals surface area contributed by atoms with E-state index in [0.29, 0.717) is 23.5 Å². The molecular weight excluding hydrogens is 218 g/mol. The second kappa shape index (κ2) is 4.37. The molecule has 3 N–H and O–H groups in total. The van der Waals surface area contributed by atoms with Crippen LogP contribution in [0.25, 0.3) is 0 Å². The number of aromatic amines is 1. The molecule has 17 heavy (non-hydrogen) atoms. The van der Waals surface area contributed by atoms with E-state index >= 15 is 0 Å². The van der Waals surface area contributed by atoms with Crippen molar-refractivity contribution in [2.45, 2.75) is 13.0 Å². The summed E-state index contributed by atoms with van der Waals surface area (Å²) in [5, 5.41) is 6.44. The van der Waals surface area contributed by atoms with Gasteiger partial charge in [-0.15, -0.1) is 0 Å². The van der Waals surface area contributed by atoms with Gasteiger partial charge in [-0.25, -0.2) is 0 Å². The molecular formula is C11H19N5O. The van der Waals surface area contributed by atoms with Crippen LogP contribution in [0.1, 0.15) is 17.4 Å². The summed E-state index contributed by atoms with van der Waals surface area (Å²) in [6.07, 6.45) is 0. The first kappa shape index (κ1) is 11.9. The van der Waals surface area contributed by atoms with E-state index in [4.69, 9.17) is 5.73 Å². The molecule has 2 rings (SSSR count). The topological polar surface area (TPSA) is 78.2 Å². The third kappa shape index (κ3) is 2.26. The van der Waals surface area contributed by atoms with Gasteiger partial charge in [0.25, 0.3) is 5.91 Å². The lowest BCUT2D eigenvalue weighted by molar-refractivity contribution is 0.0775. The molecule has 0 aromatic carbocycles. The number of rotatable bonds is 2. The van der Waals surface area contributed by atoms with Gasteiger partial charge in [-0.05, 0) is 20.0 Å². The number of H-pyrrole nitrogens is 1. The minimum Gasteiger partial charge on any atom is -0.382 e. The highest BCUT2D eigenvalue weighted by Crippen LogP contribution is 2.21. The Kier molecular flexibility index (Phi) is 3.06. The van der Waals surface area contributed by atoms with Gasteiger partial charge >= 0.3 is 0 Å². The lowest BCUT2D eigenvalue weighted by atomic mass is 10.1. The summed E-state index contributed by atoms with van der Waals surface area (Å²) in [5.74, 6) is 0.810. The highest BCUT2D eigenvalue weighted by Gasteiger charge is 2.34. The Labute approximate surface area is 101 Å². The fourth-order valence-electron chi connectivity index (χ4n) is 2.40. The molecule has 2 unspecified atom stereocenters. The zero-order chi connectivity index (χ0) is 12.6. The molecule has 1 aliphatic heterocycles. The van der Waals surface area contributed by atoms with Gasteiger partial charge in [0.1, 0.15) is 11.5 Å². The molecule has 6 nitrogen and oxygen atoms in total. The third-order valence-corrected chi connectivity index (χ3v) is 3.35. The average Bonchev–Trinajstić information content (AvgIpc) is 2.83. The molecule has 0 spiro atoms. The molecule has 0 radical (unpaired) electrons. The van der Waals surface area contributed by atoms with Crippen molar-refractivity contribution < 1.29 is 4.79 Å². The van der Waals surface area contributed by atoms with E-state index in [2.05, 4.69) is 22.0 Å². The molecule has 1 aliphatic rings. The van der Waals surface area contributed by atoms with Crippen molar-refractivity contribution >= 4 is 11.7 Å². The molecule has 1 aromatic heterocycles. The molecule has 0 bridgehead atoms. The van der Waals surface area contributed by atoms with E-state index in [1.54, 1.807) is 6.07 Å². The van der Waals surface area contributed by atoms with E-state index in [-0.39, 0.29) is 5.91 Å². The summed E-state index contributed by atoms with van der Waals surface area (Å²) in [6.45, 7) is 3.70. The van der Waals surface area contributed by atoms with Gasteiger partial charge < -0.3 is 15.5 Å². The minimum atomic E-state index is -0.0228. The Hall–Kier alpha value is -1.56. The van der Waals surface area contributed by atoms with Crippen LogP contribution < -0.4 is 5.73 Å². The van der Waals surface area contributed by atoms with Crippen LogP contribution in [0.2, 0.25) is 0 Å². The molecule has 6 heteroatoms. The largest absolute Gasteiger partial charge is 0.382 e. The molecule has 1 amide bonds. The van der Waals surface area contributed by atoms with E-state index in [1.165, 1.54) is 0 Å². The van der Waals surface area contributed by atoms with Crippen LogP contribution in [0.15, 0.2) is 6.07 Å². The highest BCUT2D eigenvalue weighted by molar-refractivity contribution is 5.93. The predicted molar refractivity (Wildman–Crippen MR) is 65.5 cm³/mol. The zero-order valence-corrected chi connectivity index (χ0v) is 10.5. The highest BCUT2D eigenvalue weighted by atomic mass is 16.2. The van der Waals surface area contributed by atoms with Gasteiger partial charge in [0, 0.05) is 25.2 Å². The lowest BCUT2D eigenvalue weighted by Crippen LogP contribution is -2.35. The maximum Gasteiger partial charge on any atom is 0.272 e. The number of amides is 1. The summed E-state index contributed by atoms with van der Waals surface area (Å²) >= 11 is 0. The lowest BCUT2D eigenvalue weighted by Gasteiger charge is -2.22. The third-order valence-electron chi connectivity index (χ3n) is 3.35. The molecule has 1 saturated heterocycles.